The fourth-order valence-corrected chi connectivity index (χ4v) is 3.08. The van der Waals surface area contributed by atoms with Crippen molar-refractivity contribution in [2.75, 3.05) is 6.61 Å². The number of hydrogen-bond donors (Lipinski definition) is 0. The molecule has 0 aliphatic carbocycles. The summed E-state index contributed by atoms with van der Waals surface area (Å²) < 4.78 is 7.81. The van der Waals surface area contributed by atoms with Crippen LogP contribution in [-0.2, 0) is 17.9 Å². The molecule has 0 spiro atoms. The lowest BCUT2D eigenvalue weighted by molar-refractivity contribution is 0.0831. The molecule has 4 rings (SSSR count). The molecule has 0 unspecified atom stereocenters. The van der Waals surface area contributed by atoms with Gasteiger partial charge in [-0.3, -0.25) is 4.98 Å². The molecule has 1 aromatic carbocycles. The summed E-state index contributed by atoms with van der Waals surface area (Å²) in [5.74, 6) is 1.48. The van der Waals surface area contributed by atoms with E-state index < -0.39 is 0 Å². The van der Waals surface area contributed by atoms with Gasteiger partial charge in [-0.1, -0.05) is 26.0 Å². The van der Waals surface area contributed by atoms with Crippen LogP contribution in [0.5, 0.6) is 0 Å². The van der Waals surface area contributed by atoms with E-state index >= 15 is 0 Å². The molecule has 2 aromatic heterocycles. The van der Waals surface area contributed by atoms with Crippen molar-refractivity contribution in [3.8, 4) is 0 Å². The number of aromatic nitrogens is 3. The molecule has 0 atom stereocenters. The lowest BCUT2D eigenvalue weighted by Crippen LogP contribution is -2.16. The van der Waals surface area contributed by atoms with Crippen LogP contribution in [0.15, 0.2) is 24.4 Å². The largest absolute Gasteiger partial charge is 0.372 e. The van der Waals surface area contributed by atoms with Crippen LogP contribution < -0.4 is 0 Å². The molecule has 0 amide bonds. The number of imidazole rings is 1. The SMILES string of the molecule is CC(C)c1cccc2ncc3nc4n(c3c12)CCOC4. The fraction of sp³-hybridized carbons (Fsp3) is 0.375. The second kappa shape index (κ2) is 4.28. The zero-order chi connectivity index (χ0) is 13.7. The quantitative estimate of drug-likeness (QED) is 0.679. The third kappa shape index (κ3) is 1.58. The van der Waals surface area contributed by atoms with Crippen LogP contribution >= 0.6 is 0 Å². The van der Waals surface area contributed by atoms with Gasteiger partial charge in [-0.2, -0.15) is 0 Å². The average molecular weight is 267 g/mol. The van der Waals surface area contributed by atoms with Gasteiger partial charge < -0.3 is 9.30 Å². The first-order valence-corrected chi connectivity index (χ1v) is 7.10. The van der Waals surface area contributed by atoms with Crippen molar-refractivity contribution in [2.45, 2.75) is 32.9 Å². The first-order valence-electron chi connectivity index (χ1n) is 7.10. The first kappa shape index (κ1) is 11.9. The molecule has 0 N–H and O–H groups in total. The van der Waals surface area contributed by atoms with Crippen molar-refractivity contribution in [3.05, 3.63) is 35.8 Å². The van der Waals surface area contributed by atoms with Crippen molar-refractivity contribution < 1.29 is 4.74 Å². The third-order valence-corrected chi connectivity index (χ3v) is 4.02. The smallest absolute Gasteiger partial charge is 0.136 e. The summed E-state index contributed by atoms with van der Waals surface area (Å²) in [6.07, 6.45) is 1.88. The third-order valence-electron chi connectivity index (χ3n) is 4.02. The highest BCUT2D eigenvalue weighted by Gasteiger charge is 2.19. The standard InChI is InChI=1S/C16H17N3O/c1-10(2)11-4-3-5-12-15(11)16-13(8-17-12)18-14-9-20-7-6-19(14)16/h3-5,8,10H,6-7,9H2,1-2H3. The summed E-state index contributed by atoms with van der Waals surface area (Å²) in [6, 6.07) is 6.38. The molecule has 4 nitrogen and oxygen atoms in total. The van der Waals surface area contributed by atoms with Gasteiger partial charge in [-0.05, 0) is 17.5 Å². The second-order valence-corrected chi connectivity index (χ2v) is 5.62. The fourth-order valence-electron chi connectivity index (χ4n) is 3.08. The Morgan fingerprint density at radius 2 is 2.15 bits per heavy atom. The Labute approximate surface area is 117 Å². The van der Waals surface area contributed by atoms with Crippen LogP contribution in [-0.4, -0.2) is 21.1 Å². The van der Waals surface area contributed by atoms with Crippen LogP contribution in [0, 0.1) is 0 Å². The Balaban J connectivity index is 2.19. The van der Waals surface area contributed by atoms with E-state index in [0.29, 0.717) is 12.5 Å². The zero-order valence-corrected chi connectivity index (χ0v) is 11.8. The van der Waals surface area contributed by atoms with E-state index in [1.54, 1.807) is 0 Å². The normalized spacial score (nSPS) is 15.2. The molecule has 1 aliphatic rings. The van der Waals surface area contributed by atoms with E-state index in [-0.39, 0.29) is 0 Å². The van der Waals surface area contributed by atoms with E-state index in [1.165, 1.54) is 16.5 Å². The highest BCUT2D eigenvalue weighted by atomic mass is 16.5. The van der Waals surface area contributed by atoms with E-state index in [9.17, 15) is 0 Å². The zero-order valence-electron chi connectivity index (χ0n) is 11.8. The minimum absolute atomic E-state index is 0.470. The number of hydrogen-bond acceptors (Lipinski definition) is 3. The molecule has 0 radical (unpaired) electrons. The summed E-state index contributed by atoms with van der Waals surface area (Å²) in [6.45, 7) is 6.68. The number of ether oxygens (including phenoxy) is 1. The van der Waals surface area contributed by atoms with E-state index in [2.05, 4.69) is 46.6 Å². The Morgan fingerprint density at radius 3 is 3.00 bits per heavy atom. The van der Waals surface area contributed by atoms with Gasteiger partial charge in [0, 0.05) is 11.9 Å². The number of pyridine rings is 1. The van der Waals surface area contributed by atoms with Gasteiger partial charge in [0.1, 0.15) is 17.9 Å². The predicted octanol–water partition coefficient (Wildman–Crippen LogP) is 3.24. The molecule has 3 aromatic rings. The molecule has 0 fully saturated rings. The van der Waals surface area contributed by atoms with Crippen molar-refractivity contribution in [1.29, 1.82) is 0 Å². The van der Waals surface area contributed by atoms with Gasteiger partial charge in [-0.25, -0.2) is 4.98 Å². The first-order chi connectivity index (χ1) is 9.75. The van der Waals surface area contributed by atoms with Crippen molar-refractivity contribution in [1.82, 2.24) is 14.5 Å². The Bertz CT molecular complexity index is 804. The molecule has 0 saturated carbocycles. The summed E-state index contributed by atoms with van der Waals surface area (Å²) in [7, 11) is 0. The maximum atomic E-state index is 5.51. The molecule has 20 heavy (non-hydrogen) atoms. The summed E-state index contributed by atoms with van der Waals surface area (Å²) in [5.41, 5.74) is 4.59. The van der Waals surface area contributed by atoms with Crippen molar-refractivity contribution in [2.24, 2.45) is 0 Å². The molecular weight excluding hydrogens is 250 g/mol. The second-order valence-electron chi connectivity index (χ2n) is 5.62. The van der Waals surface area contributed by atoms with Gasteiger partial charge >= 0.3 is 0 Å². The van der Waals surface area contributed by atoms with Gasteiger partial charge in [0.2, 0.25) is 0 Å². The van der Waals surface area contributed by atoms with Crippen LogP contribution in [0.25, 0.3) is 21.9 Å². The maximum Gasteiger partial charge on any atom is 0.136 e. The van der Waals surface area contributed by atoms with Crippen LogP contribution in [0.3, 0.4) is 0 Å². The molecule has 0 saturated heterocycles. The molecule has 0 bridgehead atoms. The minimum Gasteiger partial charge on any atom is -0.372 e. The van der Waals surface area contributed by atoms with Gasteiger partial charge in [0.25, 0.3) is 0 Å². The van der Waals surface area contributed by atoms with Gasteiger partial charge in [-0.15, -0.1) is 0 Å². The number of nitrogens with zero attached hydrogens (tertiary/aromatic N) is 3. The van der Waals surface area contributed by atoms with E-state index in [4.69, 9.17) is 4.74 Å². The Kier molecular flexibility index (Phi) is 2.54. The van der Waals surface area contributed by atoms with Crippen molar-refractivity contribution >= 4 is 21.9 Å². The lowest BCUT2D eigenvalue weighted by atomic mass is 9.97. The lowest BCUT2D eigenvalue weighted by Gasteiger charge is -2.17. The van der Waals surface area contributed by atoms with Crippen LogP contribution in [0.2, 0.25) is 0 Å². The predicted molar refractivity (Wildman–Crippen MR) is 78.8 cm³/mol. The Hall–Kier alpha value is -1.94. The van der Waals surface area contributed by atoms with Gasteiger partial charge in [0.05, 0.1) is 23.8 Å². The monoisotopic (exact) mass is 267 g/mol. The van der Waals surface area contributed by atoms with Gasteiger partial charge in [0.15, 0.2) is 0 Å². The number of benzene rings is 1. The number of rotatable bonds is 1. The van der Waals surface area contributed by atoms with E-state index in [1.807, 2.05) is 6.20 Å². The highest BCUT2D eigenvalue weighted by Crippen LogP contribution is 2.32. The molecule has 3 heterocycles. The van der Waals surface area contributed by atoms with E-state index in [0.717, 1.165) is 30.0 Å². The molecule has 1 aliphatic heterocycles. The van der Waals surface area contributed by atoms with Crippen LogP contribution in [0.1, 0.15) is 31.2 Å². The molecule has 4 heteroatoms. The Morgan fingerprint density at radius 1 is 1.25 bits per heavy atom. The topological polar surface area (TPSA) is 39.9 Å². The summed E-state index contributed by atoms with van der Waals surface area (Å²) in [4.78, 5) is 9.26. The number of fused-ring (bicyclic) bond motifs is 5. The molecular formula is C16H17N3O. The average Bonchev–Trinajstić information content (AvgIpc) is 2.85. The minimum atomic E-state index is 0.470. The van der Waals surface area contributed by atoms with Crippen molar-refractivity contribution in [3.63, 3.8) is 0 Å². The molecule has 102 valence electrons. The highest BCUT2D eigenvalue weighted by molar-refractivity contribution is 6.04. The van der Waals surface area contributed by atoms with Crippen LogP contribution in [0.4, 0.5) is 0 Å². The maximum absolute atomic E-state index is 5.51. The summed E-state index contributed by atoms with van der Waals surface area (Å²) in [5, 5.41) is 1.25. The summed E-state index contributed by atoms with van der Waals surface area (Å²) >= 11 is 0.